The average Bonchev–Trinajstić information content (AvgIpc) is 3.92. The standard InChI is InChI=1S/C40H34N8/c1-2-18-4-3-17(1)25-26(18)34-41-33(25)45-35-27-19-5-7-20(8-6-19)28(27)37(42-35)47-39-31-23-13-15-24(16-14-23)32(31)40(44-39)48-38-30-22-11-9-21(10-12-22)29(30)36(43-38)46-34/h1-2,5,7,9,11,13,15,17-24H,3-4,6,8,10,12,14,16H2,(H2,41,42,43,44,45,46,47,48). The molecule has 8 atom stereocenters. The van der Waals surface area contributed by atoms with Crippen molar-refractivity contribution >= 4 is 44.9 Å². The number of hydrogen-bond donors (Lipinski definition) is 2. The van der Waals surface area contributed by atoms with Gasteiger partial charge in [0.15, 0.2) is 23.3 Å². The number of rotatable bonds is 0. The van der Waals surface area contributed by atoms with E-state index < -0.39 is 0 Å². The van der Waals surface area contributed by atoms with Crippen molar-refractivity contribution in [3.8, 4) is 0 Å². The predicted molar refractivity (Wildman–Crippen MR) is 184 cm³/mol. The monoisotopic (exact) mass is 626 g/mol. The Kier molecular flexibility index (Phi) is 4.56. The van der Waals surface area contributed by atoms with Crippen LogP contribution in [0.1, 0.15) is 121 Å². The second-order valence-corrected chi connectivity index (χ2v) is 15.6. The smallest absolute Gasteiger partial charge is 0.161 e. The normalized spacial score (nSPS) is 33.5. The molecule has 0 saturated carbocycles. The third-order valence-electron chi connectivity index (χ3n) is 13.3. The van der Waals surface area contributed by atoms with Crippen molar-refractivity contribution in [1.82, 2.24) is 39.9 Å². The molecule has 12 aliphatic carbocycles. The minimum atomic E-state index is 0.322. The Labute approximate surface area is 277 Å². The maximum absolute atomic E-state index is 5.50. The SMILES string of the molecule is C1=CC2CCC1C1=C2c2nc1nc1nc(nc3[nH]c(nc4[nH]c(n2)c2c4C4C=CC2CC4)c2c3C3C=CC2CC3)C2=C1C1C=CC2CC1. The summed E-state index contributed by atoms with van der Waals surface area (Å²) in [7, 11) is 0. The van der Waals surface area contributed by atoms with Crippen LogP contribution in [0.25, 0.3) is 44.9 Å². The van der Waals surface area contributed by atoms with Gasteiger partial charge >= 0.3 is 0 Å². The number of aromatic amines is 2. The third-order valence-corrected chi connectivity index (χ3v) is 13.3. The first-order valence-corrected chi connectivity index (χ1v) is 18.3. The first kappa shape index (κ1) is 25.3. The number of allylic oxidation sites excluding steroid dienone is 12. The van der Waals surface area contributed by atoms with Gasteiger partial charge in [-0.3, -0.25) is 0 Å². The number of fused-ring (bicyclic) bond motifs is 12. The molecule has 2 aliphatic heterocycles. The summed E-state index contributed by atoms with van der Waals surface area (Å²) in [5.41, 5.74) is 14.1. The van der Waals surface area contributed by atoms with E-state index >= 15 is 0 Å². The fourth-order valence-corrected chi connectivity index (χ4v) is 11.2. The minimum Gasteiger partial charge on any atom is -0.324 e. The lowest BCUT2D eigenvalue weighted by Gasteiger charge is -2.32. The Morgan fingerprint density at radius 2 is 0.562 bits per heavy atom. The van der Waals surface area contributed by atoms with Gasteiger partial charge in [0.1, 0.15) is 22.6 Å². The van der Waals surface area contributed by atoms with Gasteiger partial charge in [-0.1, -0.05) is 48.6 Å². The molecule has 8 unspecified atom stereocenters. The maximum Gasteiger partial charge on any atom is 0.161 e. The summed E-state index contributed by atoms with van der Waals surface area (Å²) < 4.78 is 0. The highest BCUT2D eigenvalue weighted by Crippen LogP contribution is 2.54. The number of nitrogens with zero attached hydrogens (tertiary/aromatic N) is 6. The summed E-state index contributed by atoms with van der Waals surface area (Å²) in [6.45, 7) is 0. The fraction of sp³-hybridized carbons (Fsp3) is 0.400. The Balaban J connectivity index is 1.19. The van der Waals surface area contributed by atoms with Crippen molar-refractivity contribution in [3.05, 3.63) is 94.2 Å². The van der Waals surface area contributed by atoms with Crippen LogP contribution >= 0.6 is 0 Å². The zero-order chi connectivity index (χ0) is 30.8. The number of aromatic nitrogens is 8. The van der Waals surface area contributed by atoms with Crippen molar-refractivity contribution in [2.75, 3.05) is 0 Å². The summed E-state index contributed by atoms with van der Waals surface area (Å²) in [5.74, 6) is 5.96. The largest absolute Gasteiger partial charge is 0.324 e. The fourth-order valence-electron chi connectivity index (χ4n) is 11.2. The molecule has 0 fully saturated rings. The molecule has 5 heterocycles. The molecule has 14 aliphatic rings. The molecule has 234 valence electrons. The van der Waals surface area contributed by atoms with Crippen LogP contribution in [-0.4, -0.2) is 39.9 Å². The number of hydrogen-bond acceptors (Lipinski definition) is 6. The molecule has 0 amide bonds. The molecule has 48 heavy (non-hydrogen) atoms. The van der Waals surface area contributed by atoms with Crippen molar-refractivity contribution in [3.63, 3.8) is 0 Å². The van der Waals surface area contributed by atoms with Gasteiger partial charge in [-0.15, -0.1) is 0 Å². The first-order valence-electron chi connectivity index (χ1n) is 18.3. The Bertz CT molecular complexity index is 2260. The highest BCUT2D eigenvalue weighted by atomic mass is 15.1. The summed E-state index contributed by atoms with van der Waals surface area (Å²) in [5, 5.41) is 0. The lowest BCUT2D eigenvalue weighted by Crippen LogP contribution is -2.20. The summed E-state index contributed by atoms with van der Waals surface area (Å²) in [6.07, 6.45) is 28.3. The number of H-pyrrole nitrogens is 2. The van der Waals surface area contributed by atoms with Crippen molar-refractivity contribution in [2.24, 2.45) is 23.7 Å². The molecule has 3 aromatic rings. The molecule has 2 N–H and O–H groups in total. The van der Waals surface area contributed by atoms with Crippen LogP contribution in [0.5, 0.6) is 0 Å². The second kappa shape index (κ2) is 8.65. The van der Waals surface area contributed by atoms with Gasteiger partial charge in [-0.25, -0.2) is 29.9 Å². The van der Waals surface area contributed by atoms with Gasteiger partial charge in [0.05, 0.1) is 0 Å². The van der Waals surface area contributed by atoms with Crippen LogP contribution in [0.2, 0.25) is 0 Å². The van der Waals surface area contributed by atoms with E-state index in [0.717, 1.165) is 97.3 Å². The first-order chi connectivity index (χ1) is 23.7. The molecule has 0 radical (unpaired) electrons. The van der Waals surface area contributed by atoms with Gasteiger partial charge in [-0.05, 0) is 51.4 Å². The summed E-state index contributed by atoms with van der Waals surface area (Å²) >= 11 is 0. The quantitative estimate of drug-likeness (QED) is 0.245. The van der Waals surface area contributed by atoms with E-state index in [2.05, 4.69) is 58.6 Å². The van der Waals surface area contributed by atoms with Crippen LogP contribution in [0.3, 0.4) is 0 Å². The Morgan fingerprint density at radius 1 is 0.312 bits per heavy atom. The molecular formula is C40H34N8. The highest BCUT2D eigenvalue weighted by molar-refractivity contribution is 5.98. The van der Waals surface area contributed by atoms with Crippen molar-refractivity contribution in [2.45, 2.75) is 75.0 Å². The van der Waals surface area contributed by atoms with E-state index in [1.54, 1.807) is 0 Å². The van der Waals surface area contributed by atoms with E-state index in [9.17, 15) is 0 Å². The summed E-state index contributed by atoms with van der Waals surface area (Å²) in [6, 6.07) is 0. The molecule has 8 heteroatoms. The van der Waals surface area contributed by atoms with E-state index in [1.807, 2.05) is 0 Å². The summed E-state index contributed by atoms with van der Waals surface area (Å²) in [4.78, 5) is 40.0. The molecule has 17 rings (SSSR count). The highest BCUT2D eigenvalue weighted by Gasteiger charge is 2.43. The minimum absolute atomic E-state index is 0.322. The molecule has 0 aromatic carbocycles. The van der Waals surface area contributed by atoms with Crippen LogP contribution in [0.4, 0.5) is 0 Å². The zero-order valence-electron chi connectivity index (χ0n) is 26.6. The second-order valence-electron chi connectivity index (χ2n) is 15.6. The van der Waals surface area contributed by atoms with Gasteiger partial charge in [-0.2, -0.15) is 0 Å². The van der Waals surface area contributed by atoms with Gasteiger partial charge in [0.25, 0.3) is 0 Å². The van der Waals surface area contributed by atoms with Crippen LogP contribution in [-0.2, 0) is 0 Å². The average molecular weight is 627 g/mol. The Hall–Kier alpha value is -4.72. The maximum atomic E-state index is 5.50. The molecule has 16 bridgehead atoms. The van der Waals surface area contributed by atoms with E-state index in [-0.39, 0.29) is 0 Å². The number of nitrogens with one attached hydrogen (secondary N) is 2. The van der Waals surface area contributed by atoms with Crippen LogP contribution < -0.4 is 0 Å². The zero-order valence-corrected chi connectivity index (χ0v) is 26.6. The topological polar surface area (TPSA) is 109 Å². The molecule has 0 spiro atoms. The van der Waals surface area contributed by atoms with Crippen molar-refractivity contribution in [1.29, 1.82) is 0 Å². The lowest BCUT2D eigenvalue weighted by atomic mass is 9.71. The molecule has 8 nitrogen and oxygen atoms in total. The Morgan fingerprint density at radius 3 is 0.854 bits per heavy atom. The lowest BCUT2D eigenvalue weighted by molar-refractivity contribution is 0.554. The van der Waals surface area contributed by atoms with Gasteiger partial charge < -0.3 is 9.97 Å². The third kappa shape index (κ3) is 3.09. The van der Waals surface area contributed by atoms with Gasteiger partial charge in [0.2, 0.25) is 0 Å². The van der Waals surface area contributed by atoms with Crippen molar-refractivity contribution < 1.29 is 0 Å². The van der Waals surface area contributed by atoms with E-state index in [1.165, 1.54) is 44.5 Å². The molecule has 0 saturated heterocycles. The predicted octanol–water partition coefficient (Wildman–Crippen LogP) is 7.97. The molecular weight excluding hydrogens is 592 g/mol. The molecule has 3 aromatic heterocycles. The van der Waals surface area contributed by atoms with Crippen LogP contribution in [0.15, 0.2) is 48.6 Å². The van der Waals surface area contributed by atoms with E-state index in [4.69, 9.17) is 29.9 Å². The van der Waals surface area contributed by atoms with E-state index in [0.29, 0.717) is 47.3 Å². The van der Waals surface area contributed by atoms with Gasteiger partial charge in [0, 0.05) is 91.9 Å². The van der Waals surface area contributed by atoms with Crippen LogP contribution in [0, 0.1) is 23.7 Å².